The van der Waals surface area contributed by atoms with Gasteiger partial charge in [0.2, 0.25) is 0 Å². The van der Waals surface area contributed by atoms with Gasteiger partial charge in [0.1, 0.15) is 0 Å². The summed E-state index contributed by atoms with van der Waals surface area (Å²) >= 11 is 3.09. The van der Waals surface area contributed by atoms with Crippen molar-refractivity contribution in [1.29, 1.82) is 0 Å². The fourth-order valence-electron chi connectivity index (χ4n) is 3.29. The summed E-state index contributed by atoms with van der Waals surface area (Å²) < 4.78 is 6.32. The van der Waals surface area contributed by atoms with Crippen LogP contribution in [0.4, 0.5) is 0 Å². The summed E-state index contributed by atoms with van der Waals surface area (Å²) in [6.45, 7) is 11.3. The zero-order chi connectivity index (χ0) is 15.0. The van der Waals surface area contributed by atoms with Crippen molar-refractivity contribution >= 4 is 20.7 Å². The molecule has 0 spiro atoms. The number of hydrogen-bond acceptors (Lipinski definition) is 3. The van der Waals surface area contributed by atoms with E-state index in [4.69, 9.17) is 9.73 Å². The van der Waals surface area contributed by atoms with Crippen LogP contribution in [0.5, 0.6) is 0 Å². The number of morpholine rings is 1. The number of piperidine rings is 1. The summed E-state index contributed by atoms with van der Waals surface area (Å²) in [5, 5.41) is 13.6. The molecule has 2 rings (SSSR count). The van der Waals surface area contributed by atoms with Crippen LogP contribution in [0.25, 0.3) is 0 Å². The number of hydrogen-bond donors (Lipinski definition) is 0. The van der Waals surface area contributed by atoms with Crippen LogP contribution in [-0.2, 0) is 9.94 Å². The maximum absolute atomic E-state index is 12.3. The molecule has 0 saturated carbocycles. The van der Waals surface area contributed by atoms with Gasteiger partial charge < -0.3 is 0 Å². The first-order valence-electron chi connectivity index (χ1n) is 7.27. The van der Waals surface area contributed by atoms with Gasteiger partial charge in [0, 0.05) is 0 Å². The first-order chi connectivity index (χ1) is 9.22. The van der Waals surface area contributed by atoms with E-state index in [1.54, 1.807) is 0 Å². The Balaban J connectivity index is 2.08. The van der Waals surface area contributed by atoms with Gasteiger partial charge in [-0.2, -0.15) is 0 Å². The standard InChI is InChI=1S/C14H25N3O2Se/c1-13(2)9-11(10-14(3,4)17(13)18)15-12(20)16-5-7-19-8-6-16/h11H,5-10H2,1-4H3. The summed E-state index contributed by atoms with van der Waals surface area (Å²) in [5.41, 5.74) is -0.720. The van der Waals surface area contributed by atoms with Crippen molar-refractivity contribution in [2.24, 2.45) is 4.99 Å². The second kappa shape index (κ2) is 5.93. The van der Waals surface area contributed by atoms with Crippen LogP contribution in [0.15, 0.2) is 4.99 Å². The van der Waals surface area contributed by atoms with Crippen molar-refractivity contribution in [2.75, 3.05) is 26.3 Å². The van der Waals surface area contributed by atoms with E-state index in [0.29, 0.717) is 0 Å². The van der Waals surface area contributed by atoms with Crippen molar-refractivity contribution in [3.63, 3.8) is 0 Å². The molecule has 0 amide bonds. The third-order valence-electron chi connectivity index (χ3n) is 4.14. The van der Waals surface area contributed by atoms with Crippen LogP contribution in [0.3, 0.4) is 0 Å². The number of aliphatic imine (C=N–C) groups is 1. The van der Waals surface area contributed by atoms with E-state index in [-0.39, 0.29) is 17.1 Å². The molecule has 5 nitrogen and oxygen atoms in total. The molecule has 0 N–H and O–H groups in total. The maximum atomic E-state index is 12.3. The molecule has 2 aliphatic rings. The summed E-state index contributed by atoms with van der Waals surface area (Å²) in [7, 11) is 0. The van der Waals surface area contributed by atoms with Crippen LogP contribution in [-0.4, -0.2) is 74.1 Å². The minimum atomic E-state index is -0.360. The molecule has 2 radical (unpaired) electrons. The Bertz CT molecular complexity index is 361. The van der Waals surface area contributed by atoms with Crippen LogP contribution >= 0.6 is 0 Å². The Morgan fingerprint density at radius 2 is 1.65 bits per heavy atom. The Hall–Kier alpha value is -0.131. The van der Waals surface area contributed by atoms with E-state index >= 15 is 0 Å². The van der Waals surface area contributed by atoms with E-state index in [1.165, 1.54) is 5.06 Å². The number of rotatable bonds is 1. The Kier molecular flexibility index (Phi) is 4.82. The number of ether oxygens (including phenoxy) is 1. The van der Waals surface area contributed by atoms with Crippen molar-refractivity contribution in [3.8, 4) is 0 Å². The molecule has 0 bridgehead atoms. The van der Waals surface area contributed by atoms with Gasteiger partial charge in [-0.25, -0.2) is 0 Å². The normalized spacial score (nSPS) is 28.6. The van der Waals surface area contributed by atoms with Crippen molar-refractivity contribution in [1.82, 2.24) is 9.96 Å². The predicted octanol–water partition coefficient (Wildman–Crippen LogP) is 1.21. The number of hydroxylamine groups is 2. The van der Waals surface area contributed by atoms with Crippen LogP contribution in [0.2, 0.25) is 0 Å². The molecular formula is C14H25N3O2Se. The Morgan fingerprint density at radius 1 is 1.15 bits per heavy atom. The molecule has 2 fully saturated rings. The van der Waals surface area contributed by atoms with Crippen LogP contribution in [0, 0.1) is 0 Å². The second-order valence-corrected chi connectivity index (χ2v) is 7.76. The topological polar surface area (TPSA) is 48.0 Å². The van der Waals surface area contributed by atoms with Gasteiger partial charge in [0.25, 0.3) is 0 Å². The molecule has 20 heavy (non-hydrogen) atoms. The molecule has 0 aromatic rings. The van der Waals surface area contributed by atoms with E-state index in [9.17, 15) is 5.21 Å². The van der Waals surface area contributed by atoms with E-state index < -0.39 is 0 Å². The molecular weight excluding hydrogens is 321 g/mol. The van der Waals surface area contributed by atoms with Crippen molar-refractivity contribution < 1.29 is 9.94 Å². The van der Waals surface area contributed by atoms with Gasteiger partial charge in [-0.1, -0.05) is 0 Å². The molecule has 0 atom stereocenters. The second-order valence-electron chi connectivity index (χ2n) is 6.99. The first-order valence-corrected chi connectivity index (χ1v) is 8.13. The van der Waals surface area contributed by atoms with Crippen LogP contribution in [0.1, 0.15) is 40.5 Å². The van der Waals surface area contributed by atoms with Gasteiger partial charge in [-0.15, -0.1) is 0 Å². The van der Waals surface area contributed by atoms with Gasteiger partial charge in [0.05, 0.1) is 0 Å². The molecule has 114 valence electrons. The first kappa shape index (κ1) is 16.2. The summed E-state index contributed by atoms with van der Waals surface area (Å²) in [4.78, 5) is 7.08. The molecule has 0 unspecified atom stereocenters. The fraction of sp³-hybridized carbons (Fsp3) is 0.929. The van der Waals surface area contributed by atoms with E-state index in [1.807, 2.05) is 27.7 Å². The average molecular weight is 346 g/mol. The summed E-state index contributed by atoms with van der Waals surface area (Å²) in [5.74, 6) is 0. The molecule has 2 saturated heterocycles. The Morgan fingerprint density at radius 3 is 2.15 bits per heavy atom. The molecule has 2 aliphatic heterocycles. The number of nitrogens with zero attached hydrogens (tertiary/aromatic N) is 3. The third-order valence-corrected chi connectivity index (χ3v) is 4.91. The van der Waals surface area contributed by atoms with Crippen LogP contribution < -0.4 is 0 Å². The van der Waals surface area contributed by atoms with Gasteiger partial charge in [-0.3, -0.25) is 0 Å². The van der Waals surface area contributed by atoms with Gasteiger partial charge in [0.15, 0.2) is 0 Å². The minimum absolute atomic E-state index is 0.198. The Labute approximate surface area is 130 Å². The SMILES string of the molecule is CC1(C)CC(N=C([Se])N2CCOCC2)CC(C)(C)N1[O]. The van der Waals surface area contributed by atoms with E-state index in [2.05, 4.69) is 20.9 Å². The average Bonchev–Trinajstić information content (AvgIpc) is 2.36. The van der Waals surface area contributed by atoms with Gasteiger partial charge in [-0.05, 0) is 0 Å². The molecule has 0 aromatic carbocycles. The molecule has 6 heteroatoms. The van der Waals surface area contributed by atoms with Crippen molar-refractivity contribution in [3.05, 3.63) is 0 Å². The molecule has 0 aliphatic carbocycles. The quantitative estimate of drug-likeness (QED) is 0.407. The zero-order valence-corrected chi connectivity index (χ0v) is 14.6. The zero-order valence-electron chi connectivity index (χ0n) is 12.9. The molecule has 0 aromatic heterocycles. The molecule has 2 heterocycles. The monoisotopic (exact) mass is 347 g/mol. The summed E-state index contributed by atoms with van der Waals surface area (Å²) in [6, 6.07) is 0.198. The van der Waals surface area contributed by atoms with Crippen molar-refractivity contribution in [2.45, 2.75) is 57.7 Å². The number of amidine groups is 1. The van der Waals surface area contributed by atoms with Gasteiger partial charge >= 0.3 is 130 Å². The fourth-order valence-corrected chi connectivity index (χ4v) is 3.99. The third kappa shape index (κ3) is 3.55. The summed E-state index contributed by atoms with van der Waals surface area (Å²) in [6.07, 6.45) is 1.60. The van der Waals surface area contributed by atoms with E-state index in [0.717, 1.165) is 43.9 Å². The predicted molar refractivity (Wildman–Crippen MR) is 79.3 cm³/mol.